The van der Waals surface area contributed by atoms with E-state index in [9.17, 15) is 22.4 Å². The smallest absolute Gasteiger partial charge is 0.387 e. The summed E-state index contributed by atoms with van der Waals surface area (Å²) in [5.41, 5.74) is -0.771. The van der Waals surface area contributed by atoms with Gasteiger partial charge in [-0.15, -0.1) is 0 Å². The molecule has 5 nitrogen and oxygen atoms in total. The van der Waals surface area contributed by atoms with Crippen LogP contribution in [0.1, 0.15) is 10.4 Å². The fraction of sp³-hybridized carbons (Fsp3) is 0.350. The molecule has 9 heteroatoms. The third kappa shape index (κ3) is 5.60. The molecule has 1 saturated heterocycles. The van der Waals surface area contributed by atoms with E-state index in [1.54, 1.807) is 0 Å². The number of amides is 1. The molecule has 0 bridgehead atoms. The first kappa shape index (κ1) is 20.9. The van der Waals surface area contributed by atoms with Crippen LogP contribution in [0.25, 0.3) is 0 Å². The normalized spacial score (nSPS) is 14.9. The highest BCUT2D eigenvalue weighted by atomic mass is 19.3. The number of ether oxygens (including phenoxy) is 2. The van der Waals surface area contributed by atoms with Gasteiger partial charge in [-0.2, -0.15) is 8.78 Å². The summed E-state index contributed by atoms with van der Waals surface area (Å²) in [6.45, 7) is -0.448. The second kappa shape index (κ2) is 9.60. The quantitative estimate of drug-likeness (QED) is 0.654. The van der Waals surface area contributed by atoms with E-state index in [2.05, 4.69) is 9.64 Å². The average Bonchev–Trinajstić information content (AvgIpc) is 2.68. The molecule has 0 aromatic heterocycles. The lowest BCUT2D eigenvalue weighted by molar-refractivity contribution is -0.0501. The number of carbonyl (C=O) groups is 1. The van der Waals surface area contributed by atoms with Gasteiger partial charge in [-0.05, 0) is 12.1 Å². The number of nitrogens with zero attached hydrogens (tertiary/aromatic N) is 2. The zero-order valence-electron chi connectivity index (χ0n) is 15.5. The third-order valence-corrected chi connectivity index (χ3v) is 4.53. The maximum Gasteiger partial charge on any atom is 0.387 e. The number of hydrogen-bond acceptors (Lipinski definition) is 4. The van der Waals surface area contributed by atoms with E-state index in [-0.39, 0.29) is 0 Å². The van der Waals surface area contributed by atoms with Gasteiger partial charge in [0, 0.05) is 44.9 Å². The molecule has 0 aliphatic carbocycles. The van der Waals surface area contributed by atoms with Crippen LogP contribution in [0.5, 0.6) is 11.5 Å². The van der Waals surface area contributed by atoms with E-state index in [1.807, 2.05) is 30.3 Å². The maximum atomic E-state index is 14.1. The van der Waals surface area contributed by atoms with Crippen molar-refractivity contribution in [3.05, 3.63) is 59.7 Å². The molecule has 1 aliphatic rings. The molecule has 1 aliphatic heterocycles. The van der Waals surface area contributed by atoms with Crippen molar-refractivity contribution in [1.82, 2.24) is 9.80 Å². The predicted molar refractivity (Wildman–Crippen MR) is 97.3 cm³/mol. The third-order valence-electron chi connectivity index (χ3n) is 4.53. The largest absolute Gasteiger partial charge is 0.492 e. The van der Waals surface area contributed by atoms with Crippen LogP contribution < -0.4 is 9.47 Å². The number of alkyl halides is 2. The van der Waals surface area contributed by atoms with Crippen LogP contribution in [-0.4, -0.2) is 61.6 Å². The number of piperazine rings is 1. The molecule has 1 heterocycles. The van der Waals surface area contributed by atoms with Crippen LogP contribution in [0.3, 0.4) is 0 Å². The van der Waals surface area contributed by atoms with Crippen molar-refractivity contribution in [1.29, 1.82) is 0 Å². The Morgan fingerprint density at radius 1 is 0.966 bits per heavy atom. The fourth-order valence-corrected chi connectivity index (χ4v) is 3.07. The van der Waals surface area contributed by atoms with Crippen molar-refractivity contribution in [3.8, 4) is 11.5 Å². The summed E-state index contributed by atoms with van der Waals surface area (Å²) in [6.07, 6.45) is 0. The molecule has 2 aromatic rings. The van der Waals surface area contributed by atoms with E-state index >= 15 is 0 Å². The van der Waals surface area contributed by atoms with Gasteiger partial charge in [-0.3, -0.25) is 9.69 Å². The lowest BCUT2D eigenvalue weighted by atomic mass is 10.1. The molecule has 0 radical (unpaired) electrons. The van der Waals surface area contributed by atoms with Crippen molar-refractivity contribution >= 4 is 5.91 Å². The van der Waals surface area contributed by atoms with E-state index in [0.717, 1.165) is 5.75 Å². The number of rotatable bonds is 7. The monoisotopic (exact) mass is 412 g/mol. The Bertz CT molecular complexity index is 805. The minimum atomic E-state index is -3.21. The Hall–Kier alpha value is -2.81. The second-order valence-corrected chi connectivity index (χ2v) is 6.44. The predicted octanol–water partition coefficient (Wildman–Crippen LogP) is 3.40. The topological polar surface area (TPSA) is 42.0 Å². The molecular weight excluding hydrogens is 392 g/mol. The molecule has 0 saturated carbocycles. The SMILES string of the molecule is O=C(c1c(F)cc(OC(F)F)cc1F)N1CCN(CCOc2ccccc2)CC1. The molecule has 156 valence electrons. The van der Waals surface area contributed by atoms with Gasteiger partial charge >= 0.3 is 6.61 Å². The molecule has 3 rings (SSSR count). The summed E-state index contributed by atoms with van der Waals surface area (Å²) in [7, 11) is 0. The number of benzene rings is 2. The van der Waals surface area contributed by atoms with Crippen LogP contribution in [0.15, 0.2) is 42.5 Å². The van der Waals surface area contributed by atoms with Gasteiger partial charge in [-0.25, -0.2) is 8.78 Å². The molecular formula is C20H20F4N2O3. The van der Waals surface area contributed by atoms with Crippen molar-refractivity contribution in [2.24, 2.45) is 0 Å². The summed E-state index contributed by atoms with van der Waals surface area (Å²) in [4.78, 5) is 15.9. The Morgan fingerprint density at radius 2 is 1.59 bits per heavy atom. The van der Waals surface area contributed by atoms with Gasteiger partial charge < -0.3 is 14.4 Å². The van der Waals surface area contributed by atoms with Gasteiger partial charge in [-0.1, -0.05) is 18.2 Å². The number of hydrogen-bond donors (Lipinski definition) is 0. The van der Waals surface area contributed by atoms with Gasteiger partial charge in [0.15, 0.2) is 0 Å². The maximum absolute atomic E-state index is 14.1. The molecule has 0 N–H and O–H groups in total. The highest BCUT2D eigenvalue weighted by molar-refractivity contribution is 5.95. The Balaban J connectivity index is 1.52. The summed E-state index contributed by atoms with van der Waals surface area (Å²) in [5.74, 6) is -3.18. The van der Waals surface area contributed by atoms with Crippen molar-refractivity contribution in [2.45, 2.75) is 6.61 Å². The van der Waals surface area contributed by atoms with Crippen LogP contribution in [0.4, 0.5) is 17.6 Å². The zero-order chi connectivity index (χ0) is 20.8. The molecule has 0 atom stereocenters. The van der Waals surface area contributed by atoms with Gasteiger partial charge in [0.05, 0.1) is 0 Å². The van der Waals surface area contributed by atoms with Gasteiger partial charge in [0.1, 0.15) is 35.3 Å². The highest BCUT2D eigenvalue weighted by Gasteiger charge is 2.27. The van der Waals surface area contributed by atoms with Crippen LogP contribution in [0.2, 0.25) is 0 Å². The Kier molecular flexibility index (Phi) is 6.92. The van der Waals surface area contributed by atoms with E-state index in [0.29, 0.717) is 51.5 Å². The van der Waals surface area contributed by atoms with E-state index in [4.69, 9.17) is 4.74 Å². The number of carbonyl (C=O) groups excluding carboxylic acids is 1. The zero-order valence-corrected chi connectivity index (χ0v) is 15.5. The summed E-state index contributed by atoms with van der Waals surface area (Å²) >= 11 is 0. The first-order valence-electron chi connectivity index (χ1n) is 9.07. The molecule has 2 aromatic carbocycles. The lowest BCUT2D eigenvalue weighted by Crippen LogP contribution is -2.49. The van der Waals surface area contributed by atoms with Crippen molar-refractivity contribution in [3.63, 3.8) is 0 Å². The molecule has 29 heavy (non-hydrogen) atoms. The standard InChI is InChI=1S/C20H20F4N2O3/c21-16-12-15(29-20(23)24)13-17(22)18(16)19(27)26-8-6-25(7-9-26)10-11-28-14-4-2-1-3-5-14/h1-5,12-13,20H,6-11H2. The molecule has 0 unspecified atom stereocenters. The minimum absolute atomic E-state index is 0.290. The molecule has 1 fully saturated rings. The molecule has 1 amide bonds. The first-order chi connectivity index (χ1) is 13.9. The number of halogens is 4. The van der Waals surface area contributed by atoms with Crippen molar-refractivity contribution in [2.75, 3.05) is 39.3 Å². The first-order valence-corrected chi connectivity index (χ1v) is 9.07. The minimum Gasteiger partial charge on any atom is -0.492 e. The molecule has 0 spiro atoms. The summed E-state index contributed by atoms with van der Waals surface area (Å²) in [5, 5.41) is 0. The van der Waals surface area contributed by atoms with Crippen molar-refractivity contribution < 1.29 is 31.8 Å². The second-order valence-electron chi connectivity index (χ2n) is 6.44. The summed E-state index contributed by atoms with van der Waals surface area (Å²) in [6, 6.07) is 10.5. The van der Waals surface area contributed by atoms with Crippen LogP contribution in [0, 0.1) is 11.6 Å². The Labute approximate surface area is 165 Å². The van der Waals surface area contributed by atoms with E-state index < -0.39 is 35.5 Å². The lowest BCUT2D eigenvalue weighted by Gasteiger charge is -2.34. The van der Waals surface area contributed by atoms with Gasteiger partial charge in [0.25, 0.3) is 5.91 Å². The summed E-state index contributed by atoms with van der Waals surface area (Å²) < 4.78 is 62.3. The Morgan fingerprint density at radius 3 is 2.17 bits per heavy atom. The van der Waals surface area contributed by atoms with E-state index in [1.165, 1.54) is 4.90 Å². The van der Waals surface area contributed by atoms with Crippen LogP contribution >= 0.6 is 0 Å². The average molecular weight is 412 g/mol. The van der Waals surface area contributed by atoms with Gasteiger partial charge in [0.2, 0.25) is 0 Å². The highest BCUT2D eigenvalue weighted by Crippen LogP contribution is 2.24. The fourth-order valence-electron chi connectivity index (χ4n) is 3.07. The van der Waals surface area contributed by atoms with Crippen LogP contribution in [-0.2, 0) is 0 Å². The number of para-hydroxylation sites is 1.